The Morgan fingerprint density at radius 3 is 2.21 bits per heavy atom. The monoisotopic (exact) mass is 262 g/mol. The Labute approximate surface area is 120 Å². The lowest BCUT2D eigenvalue weighted by atomic mass is 10.1. The van der Waals surface area contributed by atoms with E-state index < -0.39 is 0 Å². The van der Waals surface area contributed by atoms with E-state index in [1.807, 2.05) is 0 Å². The summed E-state index contributed by atoms with van der Waals surface area (Å²) in [5, 5.41) is 0. The zero-order chi connectivity index (χ0) is 13.9. The predicted molar refractivity (Wildman–Crippen MR) is 83.3 cm³/mol. The van der Waals surface area contributed by atoms with Gasteiger partial charge in [0.15, 0.2) is 12.4 Å². The lowest BCUT2D eigenvalue weighted by molar-refractivity contribution is -0.697. The van der Waals surface area contributed by atoms with Gasteiger partial charge in [0.05, 0.1) is 0 Å². The molecule has 0 amide bonds. The number of hydrogen-bond acceptors (Lipinski definition) is 0. The molecular weight excluding hydrogens is 230 g/mol. The number of nitrogens with zero attached hydrogens (tertiary/aromatic N) is 1. The van der Waals surface area contributed by atoms with Gasteiger partial charge >= 0.3 is 0 Å². The summed E-state index contributed by atoms with van der Waals surface area (Å²) in [7, 11) is 0. The molecule has 0 atom stereocenters. The fourth-order valence-corrected chi connectivity index (χ4v) is 2.45. The molecular formula is C18H32N+. The standard InChI is InChI=1S/C18H32N/c1-4-5-6-7-8-9-10-11-14-19-15-12-13-18(16-19)17(2)3/h12-13,15-17H,4-11,14H2,1-3H3/q+1. The molecule has 1 rings (SSSR count). The van der Waals surface area contributed by atoms with Crippen LogP contribution in [0.5, 0.6) is 0 Å². The van der Waals surface area contributed by atoms with Crippen molar-refractivity contribution in [3.63, 3.8) is 0 Å². The number of unbranched alkanes of at least 4 members (excludes halogenated alkanes) is 7. The largest absolute Gasteiger partial charge is 0.205 e. The Bertz CT molecular complexity index is 330. The minimum atomic E-state index is 0.631. The Kier molecular flexibility index (Phi) is 8.53. The van der Waals surface area contributed by atoms with E-state index >= 15 is 0 Å². The van der Waals surface area contributed by atoms with E-state index in [9.17, 15) is 0 Å². The van der Waals surface area contributed by atoms with Gasteiger partial charge in [-0.2, -0.15) is 0 Å². The Hall–Kier alpha value is -0.850. The molecule has 1 aromatic heterocycles. The maximum absolute atomic E-state index is 2.35. The van der Waals surface area contributed by atoms with Gasteiger partial charge in [-0.1, -0.05) is 59.3 Å². The molecule has 108 valence electrons. The Morgan fingerprint density at radius 1 is 0.947 bits per heavy atom. The van der Waals surface area contributed by atoms with Crippen LogP contribution >= 0.6 is 0 Å². The van der Waals surface area contributed by atoms with Gasteiger partial charge in [-0.05, 0) is 18.4 Å². The summed E-state index contributed by atoms with van der Waals surface area (Å²) in [5.74, 6) is 0.631. The normalized spacial score (nSPS) is 11.2. The van der Waals surface area contributed by atoms with Crippen LogP contribution in [0.2, 0.25) is 0 Å². The Balaban J connectivity index is 2.10. The number of aromatic nitrogens is 1. The van der Waals surface area contributed by atoms with Crippen LogP contribution in [-0.2, 0) is 6.54 Å². The molecule has 1 aromatic rings. The third-order valence-corrected chi connectivity index (χ3v) is 3.82. The molecule has 0 N–H and O–H groups in total. The van der Waals surface area contributed by atoms with E-state index in [1.165, 1.54) is 63.5 Å². The van der Waals surface area contributed by atoms with E-state index in [0.717, 1.165) is 0 Å². The maximum Gasteiger partial charge on any atom is 0.172 e. The van der Waals surface area contributed by atoms with Crippen LogP contribution in [0.4, 0.5) is 0 Å². The summed E-state index contributed by atoms with van der Waals surface area (Å²) in [6.45, 7) is 7.98. The fourth-order valence-electron chi connectivity index (χ4n) is 2.45. The van der Waals surface area contributed by atoms with Crippen LogP contribution in [0, 0.1) is 0 Å². The van der Waals surface area contributed by atoms with Gasteiger partial charge in [-0.3, -0.25) is 0 Å². The molecule has 0 radical (unpaired) electrons. The molecule has 0 fully saturated rings. The van der Waals surface area contributed by atoms with E-state index in [1.54, 1.807) is 0 Å². The molecule has 1 heteroatoms. The van der Waals surface area contributed by atoms with Crippen LogP contribution in [0.3, 0.4) is 0 Å². The fraction of sp³-hybridized carbons (Fsp3) is 0.722. The minimum absolute atomic E-state index is 0.631. The van der Waals surface area contributed by atoms with Crippen molar-refractivity contribution in [1.82, 2.24) is 0 Å². The van der Waals surface area contributed by atoms with Gasteiger partial charge in [-0.15, -0.1) is 0 Å². The molecule has 0 aliphatic carbocycles. The zero-order valence-electron chi connectivity index (χ0n) is 13.2. The van der Waals surface area contributed by atoms with Crippen molar-refractivity contribution < 1.29 is 4.57 Å². The lowest BCUT2D eigenvalue weighted by Crippen LogP contribution is -2.33. The van der Waals surface area contributed by atoms with Crippen molar-refractivity contribution in [2.45, 2.75) is 84.6 Å². The highest BCUT2D eigenvalue weighted by Crippen LogP contribution is 2.11. The van der Waals surface area contributed by atoms with Crippen molar-refractivity contribution in [1.29, 1.82) is 0 Å². The quantitative estimate of drug-likeness (QED) is 0.401. The summed E-state index contributed by atoms with van der Waals surface area (Å²) in [6.07, 6.45) is 15.7. The minimum Gasteiger partial charge on any atom is -0.205 e. The second-order valence-corrected chi connectivity index (χ2v) is 6.00. The van der Waals surface area contributed by atoms with Crippen LogP contribution in [0.1, 0.15) is 83.6 Å². The van der Waals surface area contributed by atoms with Crippen LogP contribution in [-0.4, -0.2) is 0 Å². The first kappa shape index (κ1) is 16.2. The van der Waals surface area contributed by atoms with Crippen molar-refractivity contribution >= 4 is 0 Å². The van der Waals surface area contributed by atoms with Gasteiger partial charge in [0.1, 0.15) is 6.54 Å². The second-order valence-electron chi connectivity index (χ2n) is 6.00. The smallest absolute Gasteiger partial charge is 0.172 e. The topological polar surface area (TPSA) is 3.88 Å². The van der Waals surface area contributed by atoms with Gasteiger partial charge in [-0.25, -0.2) is 4.57 Å². The highest BCUT2D eigenvalue weighted by molar-refractivity contribution is 5.09. The zero-order valence-corrected chi connectivity index (χ0v) is 13.2. The lowest BCUT2D eigenvalue weighted by Gasteiger charge is -2.04. The third-order valence-electron chi connectivity index (χ3n) is 3.82. The van der Waals surface area contributed by atoms with Gasteiger partial charge in [0, 0.05) is 18.1 Å². The summed E-state index contributed by atoms with van der Waals surface area (Å²) < 4.78 is 2.35. The predicted octanol–water partition coefficient (Wildman–Crippen LogP) is 5.24. The second kappa shape index (κ2) is 10.00. The first-order valence-corrected chi connectivity index (χ1v) is 8.23. The molecule has 0 saturated carbocycles. The molecule has 1 nitrogen and oxygen atoms in total. The average Bonchev–Trinajstić information content (AvgIpc) is 2.42. The van der Waals surface area contributed by atoms with Gasteiger partial charge < -0.3 is 0 Å². The van der Waals surface area contributed by atoms with Crippen molar-refractivity contribution in [2.75, 3.05) is 0 Å². The van der Waals surface area contributed by atoms with Crippen molar-refractivity contribution in [2.24, 2.45) is 0 Å². The average molecular weight is 262 g/mol. The number of aryl methyl sites for hydroxylation is 1. The molecule has 0 aliphatic heterocycles. The molecule has 0 aromatic carbocycles. The first-order valence-electron chi connectivity index (χ1n) is 8.23. The number of rotatable bonds is 10. The maximum atomic E-state index is 2.35. The third kappa shape index (κ3) is 7.34. The molecule has 0 saturated heterocycles. The van der Waals surface area contributed by atoms with E-state index in [2.05, 4.69) is 49.9 Å². The van der Waals surface area contributed by atoms with Crippen LogP contribution in [0.25, 0.3) is 0 Å². The van der Waals surface area contributed by atoms with Gasteiger partial charge in [0.2, 0.25) is 0 Å². The molecule has 0 bridgehead atoms. The number of pyridine rings is 1. The molecule has 0 aliphatic rings. The van der Waals surface area contributed by atoms with E-state index in [0.29, 0.717) is 5.92 Å². The van der Waals surface area contributed by atoms with E-state index in [4.69, 9.17) is 0 Å². The Morgan fingerprint density at radius 2 is 1.58 bits per heavy atom. The molecule has 1 heterocycles. The summed E-state index contributed by atoms with van der Waals surface area (Å²) in [5.41, 5.74) is 1.45. The van der Waals surface area contributed by atoms with E-state index in [-0.39, 0.29) is 0 Å². The number of hydrogen-bond donors (Lipinski definition) is 0. The summed E-state index contributed by atoms with van der Waals surface area (Å²) in [4.78, 5) is 0. The highest BCUT2D eigenvalue weighted by atomic mass is 14.9. The SMILES string of the molecule is CCCCCCCCCC[n+]1cccc(C(C)C)c1. The van der Waals surface area contributed by atoms with Crippen LogP contribution in [0.15, 0.2) is 24.5 Å². The molecule has 0 spiro atoms. The molecule has 19 heavy (non-hydrogen) atoms. The first-order chi connectivity index (χ1) is 9.24. The summed E-state index contributed by atoms with van der Waals surface area (Å²) >= 11 is 0. The summed E-state index contributed by atoms with van der Waals surface area (Å²) in [6, 6.07) is 4.41. The van der Waals surface area contributed by atoms with Crippen molar-refractivity contribution in [3.05, 3.63) is 30.1 Å². The highest BCUT2D eigenvalue weighted by Gasteiger charge is 2.05. The van der Waals surface area contributed by atoms with Crippen molar-refractivity contribution in [3.8, 4) is 0 Å². The molecule has 0 unspecified atom stereocenters. The van der Waals surface area contributed by atoms with Crippen LogP contribution < -0.4 is 4.57 Å². The van der Waals surface area contributed by atoms with Gasteiger partial charge in [0.25, 0.3) is 0 Å².